The first-order valence-corrected chi connectivity index (χ1v) is 22.1. The topological polar surface area (TPSA) is 151 Å². The molecule has 0 bridgehead atoms. The fourth-order valence-electron chi connectivity index (χ4n) is 7.02. The van der Waals surface area contributed by atoms with Gasteiger partial charge in [0.15, 0.2) is 6.29 Å². The van der Waals surface area contributed by atoms with Crippen LogP contribution in [-0.4, -0.2) is 48.4 Å². The van der Waals surface area contributed by atoms with Crippen molar-refractivity contribution in [2.24, 2.45) is 0 Å². The van der Waals surface area contributed by atoms with E-state index in [0.717, 1.165) is 44.5 Å². The molecule has 0 unspecified atom stereocenters. The Morgan fingerprint density at radius 2 is 1.43 bits per heavy atom. The lowest BCUT2D eigenvalue weighted by Crippen LogP contribution is -2.47. The number of rotatable bonds is 16. The molecule has 1 saturated heterocycles. The summed E-state index contributed by atoms with van der Waals surface area (Å²) in [6.07, 6.45) is -0.612. The van der Waals surface area contributed by atoms with Crippen LogP contribution in [0, 0.1) is 6.92 Å². The molecule has 0 saturated carbocycles. The molecule has 0 spiro atoms. The van der Waals surface area contributed by atoms with Crippen molar-refractivity contribution in [1.29, 1.82) is 0 Å². The predicted molar refractivity (Wildman–Crippen MR) is 232 cm³/mol. The summed E-state index contributed by atoms with van der Waals surface area (Å²) in [7, 11) is -3.99. The largest absolute Gasteiger partial charge is 0.478 e. The average Bonchev–Trinajstić information content (AvgIpc) is 3.28. The summed E-state index contributed by atoms with van der Waals surface area (Å²) in [6.45, 7) is 1.98. The summed E-state index contributed by atoms with van der Waals surface area (Å²) in [4.78, 5) is 26.4. The van der Waals surface area contributed by atoms with Gasteiger partial charge in [-0.15, -0.1) is 11.8 Å². The van der Waals surface area contributed by atoms with Crippen LogP contribution in [-0.2, 0) is 43.9 Å². The lowest BCUT2D eigenvalue weighted by atomic mass is 9.99. The minimum atomic E-state index is -3.99. The van der Waals surface area contributed by atoms with Crippen LogP contribution in [0.3, 0.4) is 0 Å². The summed E-state index contributed by atoms with van der Waals surface area (Å²) in [6, 6.07) is 45.0. The van der Waals surface area contributed by atoms with Gasteiger partial charge in [0.05, 0.1) is 29.3 Å². The van der Waals surface area contributed by atoms with Gasteiger partial charge in [-0.05, 0) is 83.1 Å². The fraction of sp³-hybridized carbons (Fsp3) is 0.208. The molecule has 1 amide bonds. The number of carboxylic acids is 1. The van der Waals surface area contributed by atoms with Crippen LogP contribution < -0.4 is 10.0 Å². The molecule has 1 aliphatic rings. The van der Waals surface area contributed by atoms with E-state index in [1.807, 2.05) is 116 Å². The Labute approximate surface area is 354 Å². The highest BCUT2D eigenvalue weighted by atomic mass is 32.2. The summed E-state index contributed by atoms with van der Waals surface area (Å²) >= 11 is 1.44. The molecule has 1 heterocycles. The number of hydrogen-bond donors (Lipinski definition) is 4. The maximum absolute atomic E-state index is 13.7. The molecule has 60 heavy (non-hydrogen) atoms. The van der Waals surface area contributed by atoms with Crippen molar-refractivity contribution in [3.05, 3.63) is 191 Å². The van der Waals surface area contributed by atoms with Gasteiger partial charge in [-0.1, -0.05) is 121 Å². The number of carbonyl (C=O) groups is 2. The van der Waals surface area contributed by atoms with Crippen molar-refractivity contribution in [3.63, 3.8) is 0 Å². The molecule has 4 N–H and O–H groups in total. The number of carbonyl (C=O) groups excluding carboxylic acids is 1. The smallest absolute Gasteiger partial charge is 0.336 e. The van der Waals surface area contributed by atoms with Crippen molar-refractivity contribution < 1.29 is 37.7 Å². The number of aromatic carboxylic acids is 1. The van der Waals surface area contributed by atoms with E-state index in [2.05, 4.69) is 10.0 Å². The van der Waals surface area contributed by atoms with Gasteiger partial charge < -0.3 is 25.0 Å². The predicted octanol–water partition coefficient (Wildman–Crippen LogP) is 8.40. The molecule has 7 rings (SSSR count). The second-order valence-electron chi connectivity index (χ2n) is 14.7. The molecule has 0 radical (unpaired) electrons. The monoisotopic (exact) mass is 842 g/mol. The van der Waals surface area contributed by atoms with E-state index >= 15 is 0 Å². The first-order valence-electron chi connectivity index (χ1n) is 19.6. The molecule has 308 valence electrons. The molecule has 12 heteroatoms. The van der Waals surface area contributed by atoms with E-state index in [1.54, 1.807) is 30.3 Å². The number of aliphatic hydroxyl groups is 1. The van der Waals surface area contributed by atoms with Gasteiger partial charge in [-0.25, -0.2) is 13.2 Å². The number of ether oxygens (including phenoxy) is 2. The molecule has 1 aliphatic heterocycles. The van der Waals surface area contributed by atoms with Crippen LogP contribution in [0.2, 0.25) is 0 Å². The van der Waals surface area contributed by atoms with Crippen molar-refractivity contribution in [2.75, 3.05) is 5.75 Å². The second kappa shape index (κ2) is 19.6. The SMILES string of the molecule is Cc1ccc(S(=O)(=O)N[C@H](Cc2ccccc2)C(=O)NCc2cccc(-c3cccc([C@@H]4O[C@H](CSc5ccccc5C(=O)O)C[C@H](c5ccc(CO)cc5)O4)c3)c2)cc1. The third-order valence-electron chi connectivity index (χ3n) is 10.3. The minimum Gasteiger partial charge on any atom is -0.478 e. The number of aryl methyl sites for hydroxylation is 1. The Morgan fingerprint density at radius 3 is 2.17 bits per heavy atom. The third-order valence-corrected chi connectivity index (χ3v) is 13.0. The fourth-order valence-corrected chi connectivity index (χ4v) is 9.28. The summed E-state index contributed by atoms with van der Waals surface area (Å²) in [5, 5.41) is 22.3. The maximum atomic E-state index is 13.7. The van der Waals surface area contributed by atoms with Crippen LogP contribution in [0.25, 0.3) is 11.1 Å². The van der Waals surface area contributed by atoms with Crippen LogP contribution in [0.1, 0.15) is 62.6 Å². The first-order chi connectivity index (χ1) is 29.0. The van der Waals surface area contributed by atoms with Gasteiger partial charge in [0.2, 0.25) is 15.9 Å². The average molecular weight is 843 g/mol. The Balaban J connectivity index is 1.07. The lowest BCUT2D eigenvalue weighted by Gasteiger charge is -2.36. The number of sulfonamides is 1. The number of amides is 1. The Kier molecular flexibility index (Phi) is 13.9. The molecule has 10 nitrogen and oxygen atoms in total. The number of aliphatic hydroxyl groups excluding tert-OH is 1. The second-order valence-corrected chi connectivity index (χ2v) is 17.5. The van der Waals surface area contributed by atoms with E-state index in [-0.39, 0.29) is 42.2 Å². The maximum Gasteiger partial charge on any atom is 0.336 e. The zero-order chi connectivity index (χ0) is 42.1. The number of carboxylic acid groups (broad SMARTS) is 1. The highest BCUT2D eigenvalue weighted by Crippen LogP contribution is 2.40. The molecule has 0 aliphatic carbocycles. The van der Waals surface area contributed by atoms with E-state index in [1.165, 1.54) is 23.9 Å². The van der Waals surface area contributed by atoms with Crippen LogP contribution in [0.15, 0.2) is 161 Å². The molecule has 4 atom stereocenters. The van der Waals surface area contributed by atoms with E-state index in [9.17, 15) is 28.2 Å². The van der Waals surface area contributed by atoms with Crippen molar-refractivity contribution in [1.82, 2.24) is 10.0 Å². The quantitative estimate of drug-likeness (QED) is 0.0705. The number of nitrogens with one attached hydrogen (secondary N) is 2. The van der Waals surface area contributed by atoms with Gasteiger partial charge in [0.1, 0.15) is 6.04 Å². The zero-order valence-corrected chi connectivity index (χ0v) is 34.6. The Morgan fingerprint density at radius 1 is 0.750 bits per heavy atom. The van der Waals surface area contributed by atoms with Crippen LogP contribution in [0.4, 0.5) is 0 Å². The molecule has 6 aromatic rings. The Bertz CT molecular complexity index is 2520. The molecule has 6 aromatic carbocycles. The van der Waals surface area contributed by atoms with Gasteiger partial charge in [-0.2, -0.15) is 4.72 Å². The zero-order valence-electron chi connectivity index (χ0n) is 32.9. The summed E-state index contributed by atoms with van der Waals surface area (Å²) in [5.41, 5.74) is 7.14. The van der Waals surface area contributed by atoms with E-state index < -0.39 is 34.2 Å². The van der Waals surface area contributed by atoms with Gasteiger partial charge in [-0.3, -0.25) is 4.79 Å². The number of thioether (sulfide) groups is 1. The standard InChI is InChI=1S/C48H46N2O8S2/c1-32-17-23-41(24-18-32)60(55,56)50-43(26-33-9-3-2-4-10-33)46(52)49-29-35-11-7-12-37(25-35)38-13-8-14-39(27-38)48-57-40(31-59-45-16-6-5-15-42(45)47(53)54)28-44(58-48)36-21-19-34(30-51)20-22-36/h2-25,27,40,43-44,48,50-51H,26,28-31H2,1H3,(H,49,52)(H,53,54)/t40-,43+,44+,48+/m0/s1. The van der Waals surface area contributed by atoms with Gasteiger partial charge in [0.25, 0.3) is 0 Å². The Hall–Kier alpha value is -5.60. The van der Waals surface area contributed by atoms with Crippen LogP contribution >= 0.6 is 11.8 Å². The third kappa shape index (κ3) is 11.0. The van der Waals surface area contributed by atoms with Crippen molar-refractivity contribution in [2.45, 2.75) is 67.2 Å². The van der Waals surface area contributed by atoms with Gasteiger partial charge in [0, 0.05) is 29.2 Å². The normalized spacial score (nSPS) is 17.1. The van der Waals surface area contributed by atoms with Crippen molar-refractivity contribution >= 4 is 33.7 Å². The van der Waals surface area contributed by atoms with Gasteiger partial charge >= 0.3 is 5.97 Å². The molecule has 1 fully saturated rings. The molecule has 0 aromatic heterocycles. The highest BCUT2D eigenvalue weighted by Gasteiger charge is 2.33. The molecular weight excluding hydrogens is 797 g/mol. The summed E-state index contributed by atoms with van der Waals surface area (Å²) < 4.78 is 42.6. The molecular formula is C48H46N2O8S2. The minimum absolute atomic E-state index is 0.0645. The first kappa shape index (κ1) is 42.5. The number of benzene rings is 6. The number of hydrogen-bond acceptors (Lipinski definition) is 8. The lowest BCUT2D eigenvalue weighted by molar-refractivity contribution is -0.245. The van der Waals surface area contributed by atoms with Crippen molar-refractivity contribution in [3.8, 4) is 11.1 Å². The van der Waals surface area contributed by atoms with E-state index in [4.69, 9.17) is 9.47 Å². The van der Waals surface area contributed by atoms with E-state index in [0.29, 0.717) is 17.1 Å². The highest BCUT2D eigenvalue weighted by molar-refractivity contribution is 7.99. The van der Waals surface area contributed by atoms with Crippen LogP contribution in [0.5, 0.6) is 0 Å². The summed E-state index contributed by atoms with van der Waals surface area (Å²) in [5.74, 6) is -0.932.